The summed E-state index contributed by atoms with van der Waals surface area (Å²) in [4.78, 5) is 40.0. The first-order valence-corrected chi connectivity index (χ1v) is 18.0. The minimum atomic E-state index is -2.14. The number of benzene rings is 3. The predicted octanol–water partition coefficient (Wildman–Crippen LogP) is 7.79. The largest absolute Gasteiger partial charge is 0.481 e. The standard InChI is InChI=1S/C35H41NO6Si/c1-35(2,3)43(4,5)42-31(19-23-11-7-6-8-12-23)24-13-15-29-26(20-24)27-21-25(14-16-30(27)41-29)33(38)28(34(39)40)22-32(37)36-17-9-10-18-36/h6-8,11-16,20-21,28,31H,9-10,17-19,22H2,1-5H3,(H,39,40). The van der Waals surface area contributed by atoms with Crippen LogP contribution in [0.3, 0.4) is 0 Å². The molecule has 1 aliphatic heterocycles. The number of amides is 1. The van der Waals surface area contributed by atoms with Gasteiger partial charge in [0.25, 0.3) is 0 Å². The number of ketones is 1. The molecule has 0 spiro atoms. The third-order valence-corrected chi connectivity index (χ3v) is 13.6. The number of aliphatic carboxylic acids is 1. The van der Waals surface area contributed by atoms with Gasteiger partial charge in [0.2, 0.25) is 5.91 Å². The maximum absolute atomic E-state index is 13.5. The summed E-state index contributed by atoms with van der Waals surface area (Å²) in [5, 5.41) is 11.5. The number of fused-ring (bicyclic) bond motifs is 3. The summed E-state index contributed by atoms with van der Waals surface area (Å²) in [7, 11) is -2.14. The van der Waals surface area contributed by atoms with Crippen LogP contribution < -0.4 is 0 Å². The highest BCUT2D eigenvalue weighted by atomic mass is 28.4. The second-order valence-electron chi connectivity index (χ2n) is 13.2. The van der Waals surface area contributed by atoms with Gasteiger partial charge in [-0.25, -0.2) is 0 Å². The van der Waals surface area contributed by atoms with Crippen LogP contribution in [-0.4, -0.2) is 49.1 Å². The van der Waals surface area contributed by atoms with Crippen molar-refractivity contribution in [2.24, 2.45) is 5.92 Å². The van der Waals surface area contributed by atoms with E-state index in [-0.39, 0.29) is 29.0 Å². The lowest BCUT2D eigenvalue weighted by Gasteiger charge is -2.39. The van der Waals surface area contributed by atoms with E-state index in [1.807, 2.05) is 30.3 Å². The zero-order valence-corrected chi connectivity index (χ0v) is 26.7. The van der Waals surface area contributed by atoms with Gasteiger partial charge < -0.3 is 18.8 Å². The first kappa shape index (κ1) is 30.7. The molecule has 5 rings (SSSR count). The molecule has 2 heterocycles. The number of furan rings is 1. The molecule has 1 aromatic heterocycles. The molecule has 7 nitrogen and oxygen atoms in total. The fraction of sp³-hybridized carbons (Fsp3) is 0.400. The molecule has 8 heteroatoms. The summed E-state index contributed by atoms with van der Waals surface area (Å²) in [6.07, 6.45) is 1.99. The summed E-state index contributed by atoms with van der Waals surface area (Å²) in [5.74, 6) is -3.59. The first-order chi connectivity index (χ1) is 20.3. The maximum atomic E-state index is 13.5. The van der Waals surface area contributed by atoms with E-state index >= 15 is 0 Å². The number of carbonyl (C=O) groups is 3. The van der Waals surface area contributed by atoms with E-state index < -0.39 is 26.0 Å². The summed E-state index contributed by atoms with van der Waals surface area (Å²) >= 11 is 0. The molecule has 1 amide bonds. The number of likely N-dealkylation sites (tertiary alicyclic amines) is 1. The van der Waals surface area contributed by atoms with Crippen LogP contribution in [0.15, 0.2) is 71.1 Å². The van der Waals surface area contributed by atoms with Crippen LogP contribution in [0.2, 0.25) is 18.1 Å². The van der Waals surface area contributed by atoms with Crippen molar-refractivity contribution in [3.05, 3.63) is 83.4 Å². The van der Waals surface area contributed by atoms with Gasteiger partial charge in [0.05, 0.1) is 6.10 Å². The maximum Gasteiger partial charge on any atom is 0.314 e. The molecule has 0 bridgehead atoms. The Morgan fingerprint density at radius 3 is 2.19 bits per heavy atom. The Labute approximate surface area is 254 Å². The predicted molar refractivity (Wildman–Crippen MR) is 171 cm³/mol. The lowest BCUT2D eigenvalue weighted by Crippen LogP contribution is -2.42. The summed E-state index contributed by atoms with van der Waals surface area (Å²) in [6.45, 7) is 12.4. The summed E-state index contributed by atoms with van der Waals surface area (Å²) < 4.78 is 13.1. The van der Waals surface area contributed by atoms with Crippen molar-refractivity contribution in [1.82, 2.24) is 4.90 Å². The molecule has 4 aromatic rings. The lowest BCUT2D eigenvalue weighted by molar-refractivity contribution is -0.143. The van der Waals surface area contributed by atoms with Gasteiger partial charge in [-0.05, 0) is 72.4 Å². The molecule has 226 valence electrons. The third-order valence-electron chi connectivity index (χ3n) is 9.11. The highest BCUT2D eigenvalue weighted by Crippen LogP contribution is 2.41. The topological polar surface area (TPSA) is 97.0 Å². The monoisotopic (exact) mass is 599 g/mol. The van der Waals surface area contributed by atoms with E-state index in [1.54, 1.807) is 23.1 Å². The highest BCUT2D eigenvalue weighted by Gasteiger charge is 2.39. The smallest absolute Gasteiger partial charge is 0.314 e. The Kier molecular flexibility index (Phi) is 8.63. The van der Waals surface area contributed by atoms with Gasteiger partial charge in [-0.15, -0.1) is 0 Å². The average Bonchev–Trinajstić information content (AvgIpc) is 3.63. The number of carbonyl (C=O) groups excluding carboxylic acids is 2. The Hall–Kier alpha value is -3.75. The van der Waals surface area contributed by atoms with E-state index in [0.717, 1.165) is 29.2 Å². The molecule has 0 radical (unpaired) electrons. The Bertz CT molecular complexity index is 1650. The van der Waals surface area contributed by atoms with Crippen molar-refractivity contribution in [3.63, 3.8) is 0 Å². The van der Waals surface area contributed by atoms with Gasteiger partial charge >= 0.3 is 5.97 Å². The van der Waals surface area contributed by atoms with Gasteiger partial charge in [0.1, 0.15) is 17.1 Å². The van der Waals surface area contributed by atoms with E-state index in [1.165, 1.54) is 5.56 Å². The fourth-order valence-corrected chi connectivity index (χ4v) is 6.78. The van der Waals surface area contributed by atoms with Crippen LogP contribution in [0.1, 0.15) is 67.6 Å². The second kappa shape index (κ2) is 12.1. The SMILES string of the molecule is CC(C)(C)[Si](C)(C)OC(Cc1ccccc1)c1ccc2oc3ccc(C(=O)C(CC(=O)N4CCCC4)C(=O)O)cc3c2c1. The number of nitrogens with zero attached hydrogens (tertiary/aromatic N) is 1. The first-order valence-electron chi connectivity index (χ1n) is 15.1. The number of hydrogen-bond acceptors (Lipinski definition) is 5. The molecular weight excluding hydrogens is 558 g/mol. The Morgan fingerprint density at radius 1 is 0.930 bits per heavy atom. The minimum absolute atomic E-state index is 0.0283. The normalized spacial score (nSPS) is 15.6. The van der Waals surface area contributed by atoms with Crippen molar-refractivity contribution < 1.29 is 28.3 Å². The van der Waals surface area contributed by atoms with Crippen LogP contribution in [-0.2, 0) is 20.4 Å². The van der Waals surface area contributed by atoms with E-state index in [2.05, 4.69) is 52.1 Å². The molecule has 0 saturated carbocycles. The molecule has 0 aliphatic carbocycles. The van der Waals surface area contributed by atoms with Crippen LogP contribution in [0.4, 0.5) is 0 Å². The van der Waals surface area contributed by atoms with Crippen LogP contribution in [0.5, 0.6) is 0 Å². The molecule has 3 aromatic carbocycles. The molecular formula is C35H41NO6Si. The van der Waals surface area contributed by atoms with Gasteiger partial charge in [-0.2, -0.15) is 0 Å². The van der Waals surface area contributed by atoms with Crippen molar-refractivity contribution in [2.75, 3.05) is 13.1 Å². The van der Waals surface area contributed by atoms with Crippen LogP contribution in [0, 0.1) is 5.92 Å². The Balaban J connectivity index is 1.50. The van der Waals surface area contributed by atoms with Gasteiger partial charge in [-0.3, -0.25) is 14.4 Å². The van der Waals surface area contributed by atoms with Crippen molar-refractivity contribution in [1.29, 1.82) is 0 Å². The molecule has 1 N–H and O–H groups in total. The quantitative estimate of drug-likeness (QED) is 0.114. The van der Waals surface area contributed by atoms with Crippen LogP contribution >= 0.6 is 0 Å². The molecule has 1 saturated heterocycles. The van der Waals surface area contributed by atoms with Crippen molar-refractivity contribution in [2.45, 2.75) is 70.7 Å². The number of rotatable bonds is 10. The van der Waals surface area contributed by atoms with Gasteiger partial charge in [0.15, 0.2) is 14.1 Å². The number of hydrogen-bond donors (Lipinski definition) is 1. The van der Waals surface area contributed by atoms with E-state index in [4.69, 9.17) is 8.84 Å². The lowest BCUT2D eigenvalue weighted by atomic mass is 9.93. The summed E-state index contributed by atoms with van der Waals surface area (Å²) in [6, 6.07) is 21.3. The Morgan fingerprint density at radius 2 is 1.56 bits per heavy atom. The van der Waals surface area contributed by atoms with E-state index in [0.29, 0.717) is 30.7 Å². The van der Waals surface area contributed by atoms with Crippen LogP contribution in [0.25, 0.3) is 21.9 Å². The van der Waals surface area contributed by atoms with Gasteiger partial charge in [-0.1, -0.05) is 57.2 Å². The van der Waals surface area contributed by atoms with Crippen molar-refractivity contribution in [3.8, 4) is 0 Å². The second-order valence-corrected chi connectivity index (χ2v) is 17.9. The number of carboxylic acid groups (broad SMARTS) is 1. The number of Topliss-reactive ketones (excluding diaryl/α,β-unsaturated/α-hetero) is 1. The summed E-state index contributed by atoms with van der Waals surface area (Å²) in [5.41, 5.74) is 3.72. The minimum Gasteiger partial charge on any atom is -0.481 e. The molecule has 1 fully saturated rings. The van der Waals surface area contributed by atoms with Gasteiger partial charge in [0, 0.05) is 42.3 Å². The fourth-order valence-electron chi connectivity index (χ4n) is 5.50. The zero-order chi connectivity index (χ0) is 30.9. The van der Waals surface area contributed by atoms with E-state index in [9.17, 15) is 19.5 Å². The average molecular weight is 600 g/mol. The highest BCUT2D eigenvalue weighted by molar-refractivity contribution is 6.74. The molecule has 43 heavy (non-hydrogen) atoms. The third kappa shape index (κ3) is 6.60. The number of carboxylic acids is 1. The molecule has 2 unspecified atom stereocenters. The zero-order valence-electron chi connectivity index (χ0n) is 25.7. The molecule has 1 aliphatic rings. The molecule has 2 atom stereocenters. The van der Waals surface area contributed by atoms with Crippen molar-refractivity contribution >= 4 is 47.9 Å².